The molecule has 0 fully saturated rings. The molecule has 0 aliphatic carbocycles. The third-order valence-electron chi connectivity index (χ3n) is 6.05. The van der Waals surface area contributed by atoms with Gasteiger partial charge in [-0.2, -0.15) is 0 Å². The Morgan fingerprint density at radius 1 is 0.758 bits per heavy atom. The Morgan fingerprint density at radius 3 is 1.67 bits per heavy atom. The van der Waals surface area contributed by atoms with Gasteiger partial charge in [0, 0.05) is 12.2 Å². The van der Waals surface area contributed by atoms with Crippen molar-refractivity contribution in [2.75, 3.05) is 18.0 Å². The molecule has 0 aliphatic heterocycles. The molecule has 0 radical (unpaired) electrons. The molecule has 0 unspecified atom stereocenters. The van der Waals surface area contributed by atoms with E-state index in [1.54, 1.807) is 6.07 Å². The van der Waals surface area contributed by atoms with Crippen molar-refractivity contribution < 1.29 is 9.90 Å². The summed E-state index contributed by atoms with van der Waals surface area (Å²) in [7, 11) is -1.82. The maximum atomic E-state index is 11.3. The van der Waals surface area contributed by atoms with Crippen LogP contribution in [0.5, 0.6) is 0 Å². The van der Waals surface area contributed by atoms with E-state index in [1.807, 2.05) is 19.1 Å². The Bertz CT molecular complexity index is 1100. The van der Waals surface area contributed by atoms with Gasteiger partial charge in [-0.25, -0.2) is 4.79 Å². The first-order valence-electron chi connectivity index (χ1n) is 11.2. The zero-order chi connectivity index (χ0) is 23.1. The average molecular weight is 455 g/mol. The normalized spacial score (nSPS) is 11.2. The highest BCUT2D eigenvalue weighted by Gasteiger charge is 2.44. The van der Waals surface area contributed by atoms with Crippen LogP contribution in [0.3, 0.4) is 0 Å². The summed E-state index contributed by atoms with van der Waals surface area (Å²) in [5.41, 5.74) is 2.08. The first-order valence-corrected chi connectivity index (χ1v) is 13.2. The molecule has 0 aliphatic rings. The number of nitrogens with one attached hydrogen (secondary N) is 1. The molecule has 2 N–H and O–H groups in total. The minimum atomic E-state index is -1.82. The Labute approximate surface area is 196 Å². The number of benzene rings is 4. The predicted molar refractivity (Wildman–Crippen MR) is 141 cm³/mol. The lowest BCUT2D eigenvalue weighted by molar-refractivity contribution is 0.0696. The van der Waals surface area contributed by atoms with Crippen LogP contribution in [0.25, 0.3) is 0 Å². The van der Waals surface area contributed by atoms with E-state index in [1.165, 1.54) is 15.9 Å². The highest BCUT2D eigenvalue weighted by molar-refractivity contribution is 7.95. The topological polar surface area (TPSA) is 49.3 Å². The third kappa shape index (κ3) is 4.99. The van der Waals surface area contributed by atoms with Crippen LogP contribution in [-0.2, 0) is 0 Å². The maximum Gasteiger partial charge on any atom is 0.335 e. The second kappa shape index (κ2) is 10.5. The fourth-order valence-corrected chi connectivity index (χ4v) is 8.79. The van der Waals surface area contributed by atoms with E-state index in [0.717, 1.165) is 30.4 Å². The Balaban J connectivity index is 1.62. The lowest BCUT2D eigenvalue weighted by atomic mass is 10.1. The molecule has 0 saturated carbocycles. The molecule has 4 aromatic rings. The molecular formula is C29H29NO2P+. The van der Waals surface area contributed by atoms with Crippen molar-refractivity contribution >= 4 is 34.8 Å². The number of aromatic carboxylic acids is 1. The van der Waals surface area contributed by atoms with Gasteiger partial charge in [0.05, 0.1) is 11.7 Å². The zero-order valence-electron chi connectivity index (χ0n) is 18.8. The van der Waals surface area contributed by atoms with E-state index < -0.39 is 13.2 Å². The van der Waals surface area contributed by atoms with Crippen LogP contribution in [0.4, 0.5) is 5.69 Å². The summed E-state index contributed by atoms with van der Waals surface area (Å²) in [5.74, 6) is -0.887. The van der Waals surface area contributed by atoms with Crippen molar-refractivity contribution in [3.8, 4) is 0 Å². The Kier molecular flexibility index (Phi) is 7.22. The van der Waals surface area contributed by atoms with Crippen LogP contribution in [0.2, 0.25) is 0 Å². The Morgan fingerprint density at radius 2 is 1.24 bits per heavy atom. The van der Waals surface area contributed by atoms with Crippen LogP contribution in [-0.4, -0.2) is 23.8 Å². The lowest BCUT2D eigenvalue weighted by Gasteiger charge is -2.27. The summed E-state index contributed by atoms with van der Waals surface area (Å²) in [6.45, 7) is 2.66. The molecule has 4 rings (SSSR count). The maximum absolute atomic E-state index is 11.3. The number of anilines is 1. The molecule has 33 heavy (non-hydrogen) atoms. The van der Waals surface area contributed by atoms with E-state index in [4.69, 9.17) is 0 Å². The molecular weight excluding hydrogens is 425 g/mol. The first-order chi connectivity index (χ1) is 16.1. The number of hydrogen-bond acceptors (Lipinski definition) is 2. The van der Waals surface area contributed by atoms with Gasteiger partial charge in [-0.05, 0) is 73.5 Å². The van der Waals surface area contributed by atoms with Gasteiger partial charge >= 0.3 is 5.97 Å². The van der Waals surface area contributed by atoms with E-state index in [0.29, 0.717) is 5.56 Å². The summed E-state index contributed by atoms with van der Waals surface area (Å²) in [6, 6.07) is 38.2. The summed E-state index contributed by atoms with van der Waals surface area (Å²) >= 11 is 0. The standard InChI is InChI=1S/C29H28NO2P/c1-23-22-24(18-19-28(23)29(31)32)30-20-11-21-33(25-12-5-2-6-13-25,26-14-7-3-8-15-26)27-16-9-4-10-17-27/h2-10,12-19,22,30H,11,20-21H2,1H3/p+1. The highest BCUT2D eigenvalue weighted by Crippen LogP contribution is 2.55. The molecule has 0 amide bonds. The minimum absolute atomic E-state index is 0.350. The van der Waals surface area contributed by atoms with Crippen LogP contribution < -0.4 is 21.2 Å². The van der Waals surface area contributed by atoms with E-state index >= 15 is 0 Å². The first kappa shape index (κ1) is 22.8. The predicted octanol–water partition coefficient (Wildman–Crippen LogP) is 5.49. The fraction of sp³-hybridized carbons (Fsp3) is 0.138. The molecule has 0 aromatic heterocycles. The van der Waals surface area contributed by atoms with E-state index in [2.05, 4.69) is 96.3 Å². The van der Waals surface area contributed by atoms with Gasteiger partial charge in [0.1, 0.15) is 23.2 Å². The van der Waals surface area contributed by atoms with Gasteiger partial charge < -0.3 is 10.4 Å². The van der Waals surface area contributed by atoms with Crippen LogP contribution in [0.1, 0.15) is 22.3 Å². The largest absolute Gasteiger partial charge is 0.478 e. The summed E-state index contributed by atoms with van der Waals surface area (Å²) in [6.07, 6.45) is 2.04. The number of carboxylic acids is 1. The molecule has 4 heteroatoms. The SMILES string of the molecule is Cc1cc(NCCC[P+](c2ccccc2)(c2ccccc2)c2ccccc2)ccc1C(=O)O. The number of rotatable bonds is 9. The smallest absolute Gasteiger partial charge is 0.335 e. The second-order valence-corrected chi connectivity index (χ2v) is 11.8. The van der Waals surface area contributed by atoms with Gasteiger partial charge in [-0.15, -0.1) is 0 Å². The molecule has 0 bridgehead atoms. The quantitative estimate of drug-likeness (QED) is 0.260. The lowest BCUT2D eigenvalue weighted by Crippen LogP contribution is -2.33. The van der Waals surface area contributed by atoms with Crippen molar-refractivity contribution in [1.82, 2.24) is 0 Å². The molecule has 166 valence electrons. The summed E-state index contributed by atoms with van der Waals surface area (Å²) < 4.78 is 0. The molecule has 3 nitrogen and oxygen atoms in total. The third-order valence-corrected chi connectivity index (χ3v) is 10.6. The van der Waals surface area contributed by atoms with Gasteiger partial charge in [0.25, 0.3) is 0 Å². The molecule has 0 saturated heterocycles. The Hall–Kier alpha value is -3.42. The number of hydrogen-bond donors (Lipinski definition) is 2. The number of carboxylic acid groups (broad SMARTS) is 1. The molecule has 0 spiro atoms. The van der Waals surface area contributed by atoms with Crippen LogP contribution >= 0.6 is 7.26 Å². The average Bonchev–Trinajstić information content (AvgIpc) is 2.86. The second-order valence-electron chi connectivity index (χ2n) is 8.16. The van der Waals surface area contributed by atoms with Crippen LogP contribution in [0.15, 0.2) is 109 Å². The van der Waals surface area contributed by atoms with E-state index in [-0.39, 0.29) is 0 Å². The number of carbonyl (C=O) groups is 1. The zero-order valence-corrected chi connectivity index (χ0v) is 19.7. The summed E-state index contributed by atoms with van der Waals surface area (Å²) in [4.78, 5) is 11.3. The molecule has 4 aromatic carbocycles. The van der Waals surface area contributed by atoms with Crippen molar-refractivity contribution in [3.05, 3.63) is 120 Å². The monoisotopic (exact) mass is 454 g/mol. The van der Waals surface area contributed by atoms with Crippen molar-refractivity contribution in [2.24, 2.45) is 0 Å². The van der Waals surface area contributed by atoms with Gasteiger partial charge in [0.2, 0.25) is 0 Å². The fourth-order valence-electron chi connectivity index (χ4n) is 4.44. The summed E-state index contributed by atoms with van der Waals surface area (Å²) in [5, 5.41) is 16.9. The van der Waals surface area contributed by atoms with Crippen molar-refractivity contribution in [3.63, 3.8) is 0 Å². The van der Waals surface area contributed by atoms with E-state index in [9.17, 15) is 9.90 Å². The minimum Gasteiger partial charge on any atom is -0.478 e. The van der Waals surface area contributed by atoms with Crippen molar-refractivity contribution in [1.29, 1.82) is 0 Å². The van der Waals surface area contributed by atoms with Gasteiger partial charge in [-0.3, -0.25) is 0 Å². The van der Waals surface area contributed by atoms with Crippen LogP contribution in [0, 0.1) is 6.92 Å². The van der Waals surface area contributed by atoms with Gasteiger partial charge in [-0.1, -0.05) is 54.6 Å². The van der Waals surface area contributed by atoms with Crippen molar-refractivity contribution in [2.45, 2.75) is 13.3 Å². The molecule has 0 heterocycles. The molecule has 0 atom stereocenters. The van der Waals surface area contributed by atoms with Gasteiger partial charge in [0.15, 0.2) is 0 Å². The highest BCUT2D eigenvalue weighted by atomic mass is 31.2. The number of aryl methyl sites for hydroxylation is 1.